The summed E-state index contributed by atoms with van der Waals surface area (Å²) in [4.78, 5) is 10.1. The first kappa shape index (κ1) is 29.9. The highest BCUT2D eigenvalue weighted by atomic mass is 16.3. The van der Waals surface area contributed by atoms with Crippen LogP contribution in [0.25, 0.3) is 94.5 Å². The van der Waals surface area contributed by atoms with Gasteiger partial charge in [-0.05, 0) is 47.0 Å². The second-order valence-electron chi connectivity index (χ2n) is 14.5. The van der Waals surface area contributed by atoms with Crippen LogP contribution in [0.1, 0.15) is 25.0 Å². The minimum Gasteiger partial charge on any atom is -0.455 e. The zero-order valence-corrected chi connectivity index (χ0v) is 29.3. The van der Waals surface area contributed by atoms with Gasteiger partial charge in [0.2, 0.25) is 0 Å². The van der Waals surface area contributed by atoms with Crippen molar-refractivity contribution in [3.05, 3.63) is 175 Å². The van der Waals surface area contributed by atoms with E-state index in [1.807, 2.05) is 24.3 Å². The number of para-hydroxylation sites is 2. The van der Waals surface area contributed by atoms with Gasteiger partial charge in [0.25, 0.3) is 0 Å². The number of rotatable bonds is 4. The van der Waals surface area contributed by atoms with Gasteiger partial charge in [0, 0.05) is 49.5 Å². The SMILES string of the molecule is CC1(C)c2ccccc2-c2c1c1c3ccccc3n(-c3ccc(-c4cc(-c5ccccc5)nc(-c5ccccc5)n4)cc3)c1c1c2oc2ccccc21. The van der Waals surface area contributed by atoms with Gasteiger partial charge in [-0.25, -0.2) is 9.97 Å². The molecule has 0 fully saturated rings. The molecule has 0 radical (unpaired) electrons. The smallest absolute Gasteiger partial charge is 0.160 e. The third-order valence-corrected chi connectivity index (χ3v) is 11.2. The highest BCUT2D eigenvalue weighted by Gasteiger charge is 2.41. The third-order valence-electron chi connectivity index (χ3n) is 11.2. The van der Waals surface area contributed by atoms with Gasteiger partial charge in [0.15, 0.2) is 5.82 Å². The fraction of sp³-hybridized carbons (Fsp3) is 0.0612. The molecule has 0 amide bonds. The Morgan fingerprint density at radius 3 is 1.91 bits per heavy atom. The highest BCUT2D eigenvalue weighted by molar-refractivity contribution is 6.30. The first-order valence-corrected chi connectivity index (χ1v) is 18.2. The molecule has 53 heavy (non-hydrogen) atoms. The Kier molecular flexibility index (Phi) is 6.27. The summed E-state index contributed by atoms with van der Waals surface area (Å²) in [6.45, 7) is 4.73. The van der Waals surface area contributed by atoms with Gasteiger partial charge in [0.1, 0.15) is 11.2 Å². The van der Waals surface area contributed by atoms with Crippen LogP contribution >= 0.6 is 0 Å². The monoisotopic (exact) mass is 679 g/mol. The van der Waals surface area contributed by atoms with E-state index in [0.29, 0.717) is 5.82 Å². The van der Waals surface area contributed by atoms with E-state index in [1.165, 1.54) is 44.1 Å². The number of hydrogen-bond donors (Lipinski definition) is 0. The molecule has 11 rings (SSSR count). The Balaban J connectivity index is 1.18. The van der Waals surface area contributed by atoms with E-state index in [2.05, 4.69) is 158 Å². The predicted molar refractivity (Wildman–Crippen MR) is 218 cm³/mol. The number of hydrogen-bond acceptors (Lipinski definition) is 3. The van der Waals surface area contributed by atoms with E-state index in [-0.39, 0.29) is 5.41 Å². The van der Waals surface area contributed by atoms with Crippen LogP contribution in [-0.2, 0) is 5.41 Å². The summed E-state index contributed by atoms with van der Waals surface area (Å²) < 4.78 is 9.33. The fourth-order valence-electron chi connectivity index (χ4n) is 8.81. The quantitative estimate of drug-likeness (QED) is 0.186. The van der Waals surface area contributed by atoms with Crippen molar-refractivity contribution < 1.29 is 4.42 Å². The molecule has 0 aliphatic heterocycles. The summed E-state index contributed by atoms with van der Waals surface area (Å²) in [5.41, 5.74) is 15.1. The van der Waals surface area contributed by atoms with Gasteiger partial charge in [0.05, 0.1) is 27.8 Å². The lowest BCUT2D eigenvalue weighted by Crippen LogP contribution is -2.15. The Bertz CT molecular complexity index is 3000. The molecule has 3 aromatic heterocycles. The topological polar surface area (TPSA) is 43.9 Å². The molecular formula is C49H33N3O. The van der Waals surface area contributed by atoms with Gasteiger partial charge >= 0.3 is 0 Å². The summed E-state index contributed by atoms with van der Waals surface area (Å²) in [7, 11) is 0. The van der Waals surface area contributed by atoms with Crippen LogP contribution in [0.4, 0.5) is 0 Å². The number of benzene rings is 7. The van der Waals surface area contributed by atoms with E-state index >= 15 is 0 Å². The Morgan fingerprint density at radius 2 is 1.15 bits per heavy atom. The third kappa shape index (κ3) is 4.30. The zero-order chi connectivity index (χ0) is 35.3. The van der Waals surface area contributed by atoms with Gasteiger partial charge in [-0.1, -0.05) is 147 Å². The maximum absolute atomic E-state index is 6.89. The minimum absolute atomic E-state index is 0.226. The van der Waals surface area contributed by atoms with Crippen LogP contribution in [0.2, 0.25) is 0 Å². The first-order valence-electron chi connectivity index (χ1n) is 18.2. The van der Waals surface area contributed by atoms with Gasteiger partial charge < -0.3 is 8.98 Å². The lowest BCUT2D eigenvalue weighted by molar-refractivity contribution is 0.658. The maximum atomic E-state index is 6.89. The molecule has 0 unspecified atom stereocenters. The zero-order valence-electron chi connectivity index (χ0n) is 29.3. The molecule has 0 atom stereocenters. The van der Waals surface area contributed by atoms with Gasteiger partial charge in [-0.2, -0.15) is 0 Å². The molecule has 4 heteroatoms. The van der Waals surface area contributed by atoms with Crippen LogP contribution in [-0.4, -0.2) is 14.5 Å². The number of fused-ring (bicyclic) bond motifs is 12. The Labute approximate surface area is 306 Å². The molecule has 4 nitrogen and oxygen atoms in total. The molecular weight excluding hydrogens is 647 g/mol. The second kappa shape index (κ2) is 11.1. The average molecular weight is 680 g/mol. The maximum Gasteiger partial charge on any atom is 0.160 e. The van der Waals surface area contributed by atoms with Gasteiger partial charge in [-0.15, -0.1) is 0 Å². The largest absolute Gasteiger partial charge is 0.455 e. The van der Waals surface area contributed by atoms with E-state index < -0.39 is 0 Å². The van der Waals surface area contributed by atoms with E-state index in [9.17, 15) is 0 Å². The van der Waals surface area contributed by atoms with Gasteiger partial charge in [-0.3, -0.25) is 0 Å². The first-order chi connectivity index (χ1) is 26.1. The van der Waals surface area contributed by atoms with Crippen molar-refractivity contribution in [3.8, 4) is 50.7 Å². The molecule has 0 spiro atoms. The van der Waals surface area contributed by atoms with Crippen LogP contribution in [0.3, 0.4) is 0 Å². The molecule has 0 saturated heterocycles. The minimum atomic E-state index is -0.226. The number of furan rings is 1. The van der Waals surface area contributed by atoms with E-state index in [1.54, 1.807) is 0 Å². The van der Waals surface area contributed by atoms with Crippen molar-refractivity contribution in [2.24, 2.45) is 0 Å². The average Bonchev–Trinajstić information content (AvgIpc) is 3.84. The molecule has 250 valence electrons. The van der Waals surface area contributed by atoms with E-state index in [4.69, 9.17) is 14.4 Å². The van der Waals surface area contributed by atoms with Crippen molar-refractivity contribution in [2.45, 2.75) is 19.3 Å². The molecule has 10 aromatic rings. The Morgan fingerprint density at radius 1 is 0.547 bits per heavy atom. The van der Waals surface area contributed by atoms with Crippen LogP contribution in [0, 0.1) is 0 Å². The molecule has 3 heterocycles. The summed E-state index contributed by atoms with van der Waals surface area (Å²) in [6, 6.07) is 57.7. The van der Waals surface area contributed by atoms with Crippen molar-refractivity contribution in [1.29, 1.82) is 0 Å². The predicted octanol–water partition coefficient (Wildman–Crippen LogP) is 12.8. The lowest BCUT2D eigenvalue weighted by Gasteiger charge is -2.23. The molecule has 0 saturated carbocycles. The van der Waals surface area contributed by atoms with Crippen LogP contribution in [0.5, 0.6) is 0 Å². The Hall–Kier alpha value is -6.78. The molecule has 0 bridgehead atoms. The molecule has 1 aliphatic carbocycles. The summed E-state index contributed by atoms with van der Waals surface area (Å²) >= 11 is 0. The summed E-state index contributed by atoms with van der Waals surface area (Å²) in [6.07, 6.45) is 0. The van der Waals surface area contributed by atoms with Crippen LogP contribution < -0.4 is 0 Å². The number of aromatic nitrogens is 3. The molecule has 7 aromatic carbocycles. The second-order valence-corrected chi connectivity index (χ2v) is 14.5. The standard InChI is InChI=1S/C49H33N3O/c1-49(2)37-22-12-9-19-34(37)43-45(49)42-35-20-10-13-23-40(35)52(46(42)44-36-21-11-14-24-41(36)53-47(43)44)33-27-25-31(26-28-33)39-29-38(30-15-5-3-6-16-30)50-48(51-39)32-17-7-4-8-18-32/h3-29H,1-2H3. The normalized spacial score (nSPS) is 13.2. The fourth-order valence-corrected chi connectivity index (χ4v) is 8.81. The lowest BCUT2D eigenvalue weighted by atomic mass is 9.80. The molecule has 0 N–H and O–H groups in total. The van der Waals surface area contributed by atoms with Crippen molar-refractivity contribution in [2.75, 3.05) is 0 Å². The molecule has 1 aliphatic rings. The number of nitrogens with zero attached hydrogens (tertiary/aromatic N) is 3. The van der Waals surface area contributed by atoms with Crippen molar-refractivity contribution in [3.63, 3.8) is 0 Å². The van der Waals surface area contributed by atoms with Crippen molar-refractivity contribution >= 4 is 43.7 Å². The highest BCUT2D eigenvalue weighted by Crippen LogP contribution is 2.57. The van der Waals surface area contributed by atoms with Crippen molar-refractivity contribution in [1.82, 2.24) is 14.5 Å². The van der Waals surface area contributed by atoms with E-state index in [0.717, 1.165) is 55.7 Å². The summed E-state index contributed by atoms with van der Waals surface area (Å²) in [5, 5.41) is 4.81. The summed E-state index contributed by atoms with van der Waals surface area (Å²) in [5.74, 6) is 0.708. The van der Waals surface area contributed by atoms with Crippen LogP contribution in [0.15, 0.2) is 168 Å².